The van der Waals surface area contributed by atoms with Crippen LogP contribution >= 0.6 is 31.9 Å². The molecule has 0 aliphatic heterocycles. The van der Waals surface area contributed by atoms with Crippen molar-refractivity contribution in [2.24, 2.45) is 40.4 Å². The molecule has 4 saturated carbocycles. The third-order valence-electron chi connectivity index (χ3n) is 8.88. The van der Waals surface area contributed by atoms with Crippen LogP contribution in [0.1, 0.15) is 58.8 Å². The zero-order valence-corrected chi connectivity index (χ0v) is 18.9. The molecule has 146 valence electrons. The van der Waals surface area contributed by atoms with E-state index in [0.717, 1.165) is 38.5 Å². The summed E-state index contributed by atoms with van der Waals surface area (Å²) < 4.78 is 0. The van der Waals surface area contributed by atoms with Crippen molar-refractivity contribution in [2.45, 2.75) is 69.7 Å². The van der Waals surface area contributed by atoms with Crippen LogP contribution in [-0.2, 0) is 9.59 Å². The lowest BCUT2D eigenvalue weighted by molar-refractivity contribution is -0.161. The maximum atomic E-state index is 13.5. The molecule has 0 aromatic heterocycles. The summed E-state index contributed by atoms with van der Waals surface area (Å²) in [4.78, 5) is 26.1. The van der Waals surface area contributed by atoms with E-state index < -0.39 is 0 Å². The SMILES string of the molecule is C[C@]12CC[C@@H](O)[C@H](Br)[C@@H]1CC[C@H]1[C@@H]3CC[C@H](C(=O)CBr)[C@@]3(C)CC(=O)[C@@H]12. The largest absolute Gasteiger partial charge is 0.392 e. The van der Waals surface area contributed by atoms with Gasteiger partial charge in [0.2, 0.25) is 0 Å². The molecule has 0 saturated heterocycles. The summed E-state index contributed by atoms with van der Waals surface area (Å²) in [5.41, 5.74) is -0.152. The predicted molar refractivity (Wildman–Crippen MR) is 109 cm³/mol. The standard InChI is InChI=1S/C21H30Br2O3/c1-20-8-7-15(24)19(23)14(20)4-3-11-12-5-6-13(17(26)10-22)21(12,2)9-16(25)18(11)20/h11-15,18-19,24H,3-10H2,1-2H3/t11-,12-,13+,14-,15+,18+,19+,20-,21-/m0/s1. The number of carbonyl (C=O) groups excluding carboxylic acids is 2. The van der Waals surface area contributed by atoms with Gasteiger partial charge in [-0.25, -0.2) is 0 Å². The first-order chi connectivity index (χ1) is 12.2. The van der Waals surface area contributed by atoms with Gasteiger partial charge in [0.25, 0.3) is 0 Å². The molecule has 3 nitrogen and oxygen atoms in total. The highest BCUT2D eigenvalue weighted by molar-refractivity contribution is 9.09. The number of carbonyl (C=O) groups is 2. The molecular formula is C21H30Br2O3. The van der Waals surface area contributed by atoms with Gasteiger partial charge in [-0.05, 0) is 67.1 Å². The number of ketones is 2. The molecule has 4 fully saturated rings. The lowest BCUT2D eigenvalue weighted by atomic mass is 9.44. The van der Waals surface area contributed by atoms with Gasteiger partial charge in [0.1, 0.15) is 11.6 Å². The van der Waals surface area contributed by atoms with Gasteiger partial charge in [-0.3, -0.25) is 9.59 Å². The number of hydrogen-bond donors (Lipinski definition) is 1. The summed E-state index contributed by atoms with van der Waals surface area (Å²) in [7, 11) is 0. The number of hydrogen-bond acceptors (Lipinski definition) is 3. The quantitative estimate of drug-likeness (QED) is 0.580. The van der Waals surface area contributed by atoms with Gasteiger partial charge in [-0.1, -0.05) is 45.7 Å². The van der Waals surface area contributed by atoms with E-state index in [1.165, 1.54) is 0 Å². The Bertz CT molecular complexity index is 622. The summed E-state index contributed by atoms with van der Waals surface area (Å²) in [6.07, 6.45) is 6.20. The molecule has 0 heterocycles. The molecule has 26 heavy (non-hydrogen) atoms. The topological polar surface area (TPSA) is 54.4 Å². The van der Waals surface area contributed by atoms with E-state index in [2.05, 4.69) is 45.7 Å². The van der Waals surface area contributed by atoms with Gasteiger partial charge in [0, 0.05) is 23.1 Å². The van der Waals surface area contributed by atoms with Crippen LogP contribution in [0.15, 0.2) is 0 Å². The monoisotopic (exact) mass is 488 g/mol. The second-order valence-electron chi connectivity index (χ2n) is 9.87. The molecule has 4 aliphatic rings. The highest BCUT2D eigenvalue weighted by Crippen LogP contribution is 2.67. The van der Waals surface area contributed by atoms with Gasteiger partial charge < -0.3 is 5.11 Å². The highest BCUT2D eigenvalue weighted by atomic mass is 79.9. The Labute approximate surface area is 173 Å². The van der Waals surface area contributed by atoms with Crippen LogP contribution in [0.4, 0.5) is 0 Å². The summed E-state index contributed by atoms with van der Waals surface area (Å²) in [6, 6.07) is 0. The molecule has 9 atom stereocenters. The van der Waals surface area contributed by atoms with E-state index in [4.69, 9.17) is 0 Å². The molecular weight excluding hydrogens is 460 g/mol. The minimum atomic E-state index is -0.291. The zero-order valence-electron chi connectivity index (χ0n) is 15.7. The molecule has 0 aromatic rings. The molecule has 0 spiro atoms. The number of aliphatic hydroxyl groups excluding tert-OH is 1. The molecule has 4 rings (SSSR count). The third-order valence-corrected chi connectivity index (χ3v) is 10.7. The van der Waals surface area contributed by atoms with Crippen molar-refractivity contribution >= 4 is 43.4 Å². The van der Waals surface area contributed by atoms with Crippen LogP contribution in [-0.4, -0.2) is 32.9 Å². The van der Waals surface area contributed by atoms with Gasteiger partial charge in [-0.15, -0.1) is 0 Å². The average molecular weight is 490 g/mol. The van der Waals surface area contributed by atoms with Crippen LogP contribution in [0.2, 0.25) is 0 Å². The normalized spacial score (nSPS) is 53.6. The molecule has 0 bridgehead atoms. The minimum absolute atomic E-state index is 0.00769. The molecule has 0 unspecified atom stereocenters. The van der Waals surface area contributed by atoms with E-state index in [9.17, 15) is 14.7 Å². The second kappa shape index (κ2) is 6.66. The molecule has 1 N–H and O–H groups in total. The lowest BCUT2D eigenvalue weighted by Gasteiger charge is -2.60. The van der Waals surface area contributed by atoms with Crippen LogP contribution < -0.4 is 0 Å². The number of aliphatic hydroxyl groups is 1. The first kappa shape index (κ1) is 19.6. The fourth-order valence-electron chi connectivity index (χ4n) is 7.71. The maximum absolute atomic E-state index is 13.5. The van der Waals surface area contributed by atoms with Crippen molar-refractivity contribution in [2.75, 3.05) is 5.33 Å². The molecule has 4 aliphatic carbocycles. The van der Waals surface area contributed by atoms with Crippen molar-refractivity contribution in [1.29, 1.82) is 0 Å². The molecule has 0 radical (unpaired) electrons. The van der Waals surface area contributed by atoms with E-state index in [-0.39, 0.29) is 39.4 Å². The lowest BCUT2D eigenvalue weighted by Crippen LogP contribution is -2.60. The van der Waals surface area contributed by atoms with Crippen molar-refractivity contribution in [1.82, 2.24) is 0 Å². The Hall–Kier alpha value is 0.260. The van der Waals surface area contributed by atoms with Crippen LogP contribution in [0.25, 0.3) is 0 Å². The van der Waals surface area contributed by atoms with Gasteiger partial charge in [0.05, 0.1) is 11.4 Å². The second-order valence-corrected chi connectivity index (χ2v) is 11.5. The van der Waals surface area contributed by atoms with Crippen LogP contribution in [0.5, 0.6) is 0 Å². The van der Waals surface area contributed by atoms with Gasteiger partial charge in [0.15, 0.2) is 0 Å². The number of Topliss-reactive ketones (excluding diaryl/α,β-unsaturated/α-hetero) is 2. The molecule has 5 heteroatoms. The first-order valence-electron chi connectivity index (χ1n) is 10.2. The van der Waals surface area contributed by atoms with E-state index in [0.29, 0.717) is 35.3 Å². The summed E-state index contributed by atoms with van der Waals surface area (Å²) >= 11 is 7.11. The first-order valence-corrected chi connectivity index (χ1v) is 12.2. The van der Waals surface area contributed by atoms with E-state index in [1.807, 2.05) is 0 Å². The maximum Gasteiger partial charge on any atom is 0.147 e. The van der Waals surface area contributed by atoms with Crippen LogP contribution in [0, 0.1) is 40.4 Å². The predicted octanol–water partition coefficient (Wildman–Crippen LogP) is 4.52. The Morgan fingerprint density at radius 2 is 1.81 bits per heavy atom. The van der Waals surface area contributed by atoms with Crippen molar-refractivity contribution in [3.63, 3.8) is 0 Å². The Balaban J connectivity index is 1.68. The fraction of sp³-hybridized carbons (Fsp3) is 0.905. The van der Waals surface area contributed by atoms with Crippen molar-refractivity contribution in [3.8, 4) is 0 Å². The van der Waals surface area contributed by atoms with Gasteiger partial charge >= 0.3 is 0 Å². The van der Waals surface area contributed by atoms with E-state index in [1.54, 1.807) is 0 Å². The minimum Gasteiger partial charge on any atom is -0.392 e. The summed E-state index contributed by atoms with van der Waals surface area (Å²) in [5.74, 6) is 2.13. The van der Waals surface area contributed by atoms with Crippen LogP contribution in [0.3, 0.4) is 0 Å². The number of alkyl halides is 2. The Morgan fingerprint density at radius 1 is 1.12 bits per heavy atom. The Kier molecular flexibility index (Phi) is 5.01. The summed E-state index contributed by atoms with van der Waals surface area (Å²) in [6.45, 7) is 4.53. The summed E-state index contributed by atoms with van der Waals surface area (Å²) in [5, 5.41) is 10.7. The van der Waals surface area contributed by atoms with Crippen molar-refractivity contribution in [3.05, 3.63) is 0 Å². The number of halogens is 2. The molecule has 0 amide bonds. The third kappa shape index (κ3) is 2.58. The average Bonchev–Trinajstić information content (AvgIpc) is 2.94. The fourth-order valence-corrected chi connectivity index (χ4v) is 9.23. The smallest absolute Gasteiger partial charge is 0.147 e. The zero-order chi connectivity index (χ0) is 18.9. The highest BCUT2D eigenvalue weighted by Gasteiger charge is 2.64. The Morgan fingerprint density at radius 3 is 2.50 bits per heavy atom. The number of fused-ring (bicyclic) bond motifs is 5. The van der Waals surface area contributed by atoms with Gasteiger partial charge in [-0.2, -0.15) is 0 Å². The van der Waals surface area contributed by atoms with E-state index >= 15 is 0 Å². The number of rotatable bonds is 2. The molecule has 0 aromatic carbocycles. The van der Waals surface area contributed by atoms with Crippen molar-refractivity contribution < 1.29 is 14.7 Å².